The molecule has 106 valence electrons. The van der Waals surface area contributed by atoms with Crippen LogP contribution in [-0.4, -0.2) is 43.4 Å². The highest BCUT2D eigenvalue weighted by Gasteiger charge is 2.25. The fourth-order valence-electron chi connectivity index (χ4n) is 1.96. The number of nitrogens with zero attached hydrogens (tertiary/aromatic N) is 1. The first-order chi connectivity index (χ1) is 8.54. The summed E-state index contributed by atoms with van der Waals surface area (Å²) in [6.45, 7) is 5.27. The van der Waals surface area contributed by atoms with Crippen LogP contribution in [0.4, 0.5) is 0 Å². The van der Waals surface area contributed by atoms with Crippen molar-refractivity contribution in [3.8, 4) is 0 Å². The maximum Gasteiger partial charge on any atom is 0.243 e. The van der Waals surface area contributed by atoms with Crippen LogP contribution < -0.4 is 11.1 Å². The van der Waals surface area contributed by atoms with E-state index in [9.17, 15) is 9.59 Å². The highest BCUT2D eigenvalue weighted by atomic mass is 16.2. The lowest BCUT2D eigenvalue weighted by Gasteiger charge is -2.26. The van der Waals surface area contributed by atoms with Gasteiger partial charge >= 0.3 is 0 Å². The van der Waals surface area contributed by atoms with E-state index in [1.165, 1.54) is 4.90 Å². The number of hydrogen-bond acceptors (Lipinski definition) is 3. The van der Waals surface area contributed by atoms with Crippen LogP contribution in [0.2, 0.25) is 0 Å². The third kappa shape index (κ3) is 6.59. The van der Waals surface area contributed by atoms with Crippen molar-refractivity contribution in [3.05, 3.63) is 0 Å². The molecule has 1 unspecified atom stereocenters. The maximum absolute atomic E-state index is 11.9. The number of hydrogen-bond donors (Lipinski definition) is 2. The minimum Gasteiger partial charge on any atom is -0.354 e. The van der Waals surface area contributed by atoms with Crippen LogP contribution in [-0.2, 0) is 9.59 Å². The SMILES string of the molecule is CC(C)C(C(=O)NCCCCCCN)N(C)C=O. The van der Waals surface area contributed by atoms with E-state index in [0.29, 0.717) is 13.0 Å². The van der Waals surface area contributed by atoms with Crippen molar-refractivity contribution in [3.63, 3.8) is 0 Å². The summed E-state index contributed by atoms with van der Waals surface area (Å²) in [7, 11) is 1.64. The van der Waals surface area contributed by atoms with Crippen LogP contribution in [0, 0.1) is 5.92 Å². The van der Waals surface area contributed by atoms with Crippen molar-refractivity contribution in [2.24, 2.45) is 11.7 Å². The van der Waals surface area contributed by atoms with Crippen LogP contribution in [0.3, 0.4) is 0 Å². The molecular formula is C13H27N3O2. The van der Waals surface area contributed by atoms with Gasteiger partial charge < -0.3 is 16.0 Å². The number of nitrogens with two attached hydrogens (primary N) is 1. The lowest BCUT2D eigenvalue weighted by atomic mass is 10.0. The van der Waals surface area contributed by atoms with E-state index in [1.807, 2.05) is 13.8 Å². The molecule has 5 nitrogen and oxygen atoms in total. The minimum atomic E-state index is -0.383. The summed E-state index contributed by atoms with van der Waals surface area (Å²) < 4.78 is 0. The molecule has 0 aliphatic heterocycles. The van der Waals surface area contributed by atoms with E-state index in [2.05, 4.69) is 5.32 Å². The zero-order valence-corrected chi connectivity index (χ0v) is 11.8. The molecule has 0 aromatic heterocycles. The van der Waals surface area contributed by atoms with Crippen molar-refractivity contribution < 1.29 is 9.59 Å². The maximum atomic E-state index is 11.9. The Morgan fingerprint density at radius 2 is 1.89 bits per heavy atom. The van der Waals surface area contributed by atoms with Crippen molar-refractivity contribution in [2.45, 2.75) is 45.6 Å². The molecule has 0 spiro atoms. The number of likely N-dealkylation sites (N-methyl/N-ethyl adjacent to an activating group) is 1. The molecular weight excluding hydrogens is 230 g/mol. The van der Waals surface area contributed by atoms with Gasteiger partial charge in [-0.05, 0) is 25.3 Å². The second-order valence-corrected chi connectivity index (χ2v) is 4.95. The van der Waals surface area contributed by atoms with Gasteiger partial charge in [-0.25, -0.2) is 0 Å². The standard InChI is InChI=1S/C13H27N3O2/c1-11(2)12(16(3)10-17)13(18)15-9-7-5-4-6-8-14/h10-12H,4-9,14H2,1-3H3,(H,15,18). The van der Waals surface area contributed by atoms with Crippen LogP contribution in [0.1, 0.15) is 39.5 Å². The monoisotopic (exact) mass is 257 g/mol. The largest absolute Gasteiger partial charge is 0.354 e. The molecule has 0 aliphatic carbocycles. The number of nitrogens with one attached hydrogen (secondary N) is 1. The molecule has 0 bridgehead atoms. The van der Waals surface area contributed by atoms with E-state index in [1.54, 1.807) is 7.05 Å². The van der Waals surface area contributed by atoms with E-state index in [-0.39, 0.29) is 17.9 Å². The fraction of sp³-hybridized carbons (Fsp3) is 0.846. The Morgan fingerprint density at radius 3 is 2.39 bits per heavy atom. The number of unbranched alkanes of at least 4 members (excludes halogenated alkanes) is 3. The first-order valence-corrected chi connectivity index (χ1v) is 6.69. The van der Waals surface area contributed by atoms with Crippen LogP contribution in [0.5, 0.6) is 0 Å². The van der Waals surface area contributed by atoms with Crippen LogP contribution in [0.25, 0.3) is 0 Å². The first-order valence-electron chi connectivity index (χ1n) is 6.69. The zero-order chi connectivity index (χ0) is 14.0. The average Bonchev–Trinajstić information content (AvgIpc) is 2.33. The zero-order valence-electron chi connectivity index (χ0n) is 11.8. The molecule has 0 rings (SSSR count). The van der Waals surface area contributed by atoms with Gasteiger partial charge in [-0.1, -0.05) is 26.7 Å². The third-order valence-corrected chi connectivity index (χ3v) is 2.94. The van der Waals surface area contributed by atoms with Crippen molar-refractivity contribution in [1.29, 1.82) is 0 Å². The van der Waals surface area contributed by atoms with Gasteiger partial charge in [0.1, 0.15) is 6.04 Å². The van der Waals surface area contributed by atoms with Gasteiger partial charge in [0.2, 0.25) is 12.3 Å². The molecule has 0 aromatic carbocycles. The van der Waals surface area contributed by atoms with Gasteiger partial charge in [0.05, 0.1) is 0 Å². The fourth-order valence-corrected chi connectivity index (χ4v) is 1.96. The highest BCUT2D eigenvalue weighted by Crippen LogP contribution is 2.07. The van der Waals surface area contributed by atoms with Gasteiger partial charge in [-0.2, -0.15) is 0 Å². The third-order valence-electron chi connectivity index (χ3n) is 2.94. The van der Waals surface area contributed by atoms with Gasteiger partial charge in [0, 0.05) is 13.6 Å². The Kier molecular flexibility index (Phi) is 9.28. The molecule has 18 heavy (non-hydrogen) atoms. The number of carbonyl (C=O) groups excluding carboxylic acids is 2. The Bertz CT molecular complexity index is 244. The molecule has 5 heteroatoms. The quantitative estimate of drug-likeness (QED) is 0.447. The predicted molar refractivity (Wildman–Crippen MR) is 73.0 cm³/mol. The second kappa shape index (κ2) is 9.88. The number of rotatable bonds is 10. The molecule has 0 radical (unpaired) electrons. The normalized spacial score (nSPS) is 12.3. The van der Waals surface area contributed by atoms with E-state index >= 15 is 0 Å². The Balaban J connectivity index is 3.93. The molecule has 0 fully saturated rings. The molecule has 0 aliphatic rings. The lowest BCUT2D eigenvalue weighted by Crippen LogP contribution is -2.47. The lowest BCUT2D eigenvalue weighted by molar-refractivity contribution is -0.133. The van der Waals surface area contributed by atoms with Crippen LogP contribution in [0.15, 0.2) is 0 Å². The summed E-state index contributed by atoms with van der Waals surface area (Å²) in [6, 6.07) is -0.383. The minimum absolute atomic E-state index is 0.0709. The summed E-state index contributed by atoms with van der Waals surface area (Å²) in [4.78, 5) is 24.1. The first kappa shape index (κ1) is 16.9. The summed E-state index contributed by atoms with van der Waals surface area (Å²) in [5.74, 6) is 0.0378. The molecule has 2 amide bonds. The number of amides is 2. The molecule has 0 saturated heterocycles. The van der Waals surface area contributed by atoms with E-state index < -0.39 is 0 Å². The number of carbonyl (C=O) groups is 2. The molecule has 1 atom stereocenters. The molecule has 0 heterocycles. The molecule has 0 aromatic rings. The smallest absolute Gasteiger partial charge is 0.243 e. The van der Waals surface area contributed by atoms with Gasteiger partial charge in [0.15, 0.2) is 0 Å². The molecule has 0 saturated carbocycles. The van der Waals surface area contributed by atoms with E-state index in [0.717, 1.165) is 32.2 Å². The van der Waals surface area contributed by atoms with Crippen molar-refractivity contribution >= 4 is 12.3 Å². The van der Waals surface area contributed by atoms with E-state index in [4.69, 9.17) is 5.73 Å². The van der Waals surface area contributed by atoms with Crippen molar-refractivity contribution in [2.75, 3.05) is 20.1 Å². The highest BCUT2D eigenvalue weighted by molar-refractivity contribution is 5.83. The second-order valence-electron chi connectivity index (χ2n) is 4.95. The predicted octanol–water partition coefficient (Wildman–Crippen LogP) is 0.735. The topological polar surface area (TPSA) is 75.4 Å². The Morgan fingerprint density at radius 1 is 1.28 bits per heavy atom. The Labute approximate surface area is 110 Å². The summed E-state index contributed by atoms with van der Waals surface area (Å²) in [5, 5.41) is 2.89. The van der Waals surface area contributed by atoms with Gasteiger partial charge in [-0.3, -0.25) is 9.59 Å². The Hall–Kier alpha value is -1.10. The van der Waals surface area contributed by atoms with Gasteiger partial charge in [-0.15, -0.1) is 0 Å². The average molecular weight is 257 g/mol. The van der Waals surface area contributed by atoms with Crippen molar-refractivity contribution in [1.82, 2.24) is 10.2 Å². The summed E-state index contributed by atoms with van der Waals surface area (Å²) in [6.07, 6.45) is 4.88. The van der Waals surface area contributed by atoms with Gasteiger partial charge in [0.25, 0.3) is 0 Å². The van der Waals surface area contributed by atoms with Crippen LogP contribution >= 0.6 is 0 Å². The molecule has 3 N–H and O–H groups in total. The summed E-state index contributed by atoms with van der Waals surface area (Å²) in [5.41, 5.74) is 5.40. The summed E-state index contributed by atoms with van der Waals surface area (Å²) >= 11 is 0.